The van der Waals surface area contributed by atoms with E-state index in [1.165, 1.54) is 24.1 Å². The zero-order valence-electron chi connectivity index (χ0n) is 11.8. The van der Waals surface area contributed by atoms with E-state index in [2.05, 4.69) is 55.2 Å². The van der Waals surface area contributed by atoms with Crippen LogP contribution in [-0.2, 0) is 6.42 Å². The Bertz CT molecular complexity index is 622. The lowest BCUT2D eigenvalue weighted by molar-refractivity contribution is 0.454. The molecule has 2 aromatic heterocycles. The third-order valence-corrected chi connectivity index (χ3v) is 6.94. The molecular formula is C15H17Br2N3S. The van der Waals surface area contributed by atoms with E-state index in [1.54, 1.807) is 11.3 Å². The number of rotatable bonds is 4. The molecule has 0 saturated heterocycles. The lowest BCUT2D eigenvalue weighted by Crippen LogP contribution is -2.26. The fraction of sp³-hybridized carbons (Fsp3) is 0.467. The highest BCUT2D eigenvalue weighted by molar-refractivity contribution is 9.13. The summed E-state index contributed by atoms with van der Waals surface area (Å²) in [5, 5.41) is 3.61. The lowest BCUT2D eigenvalue weighted by atomic mass is 9.92. The van der Waals surface area contributed by atoms with Gasteiger partial charge in [0.1, 0.15) is 0 Å². The Labute approximate surface area is 145 Å². The molecule has 1 aliphatic rings. The lowest BCUT2D eigenvalue weighted by Gasteiger charge is -2.25. The SMILES string of the molecule is CCCNC1CCCc2nc(-c3cc(Br)c(Br)s3)ncc21. The standard InChI is InChI=1S/C15H17Br2N3S/c1-2-6-18-11-4-3-5-12-9(11)8-19-15(20-12)13-7-10(16)14(17)21-13/h7-8,11,18H,2-6H2,1H3. The summed E-state index contributed by atoms with van der Waals surface area (Å²) < 4.78 is 2.15. The highest BCUT2D eigenvalue weighted by Gasteiger charge is 2.22. The quantitative estimate of drug-likeness (QED) is 0.732. The Morgan fingerprint density at radius 1 is 1.43 bits per heavy atom. The second kappa shape index (κ2) is 6.86. The molecule has 112 valence electrons. The van der Waals surface area contributed by atoms with E-state index >= 15 is 0 Å². The summed E-state index contributed by atoms with van der Waals surface area (Å²) in [6.07, 6.45) is 6.62. The fourth-order valence-corrected chi connectivity index (χ4v) is 4.63. The van der Waals surface area contributed by atoms with Crippen LogP contribution < -0.4 is 5.32 Å². The van der Waals surface area contributed by atoms with Crippen LogP contribution in [0.5, 0.6) is 0 Å². The molecule has 0 aliphatic heterocycles. The maximum absolute atomic E-state index is 4.81. The van der Waals surface area contributed by atoms with Crippen LogP contribution in [0.25, 0.3) is 10.7 Å². The van der Waals surface area contributed by atoms with Gasteiger partial charge in [0.15, 0.2) is 5.82 Å². The predicted octanol–water partition coefficient (Wildman–Crippen LogP) is 5.11. The highest BCUT2D eigenvalue weighted by atomic mass is 79.9. The van der Waals surface area contributed by atoms with E-state index in [4.69, 9.17) is 4.98 Å². The predicted molar refractivity (Wildman–Crippen MR) is 94.7 cm³/mol. The summed E-state index contributed by atoms with van der Waals surface area (Å²) in [4.78, 5) is 10.5. The molecule has 3 nitrogen and oxygen atoms in total. The van der Waals surface area contributed by atoms with E-state index in [9.17, 15) is 0 Å². The summed E-state index contributed by atoms with van der Waals surface area (Å²) in [7, 11) is 0. The van der Waals surface area contributed by atoms with Gasteiger partial charge < -0.3 is 5.32 Å². The van der Waals surface area contributed by atoms with Crippen LogP contribution in [0.4, 0.5) is 0 Å². The first-order chi connectivity index (χ1) is 10.2. The van der Waals surface area contributed by atoms with Crippen molar-refractivity contribution in [2.45, 2.75) is 38.6 Å². The maximum atomic E-state index is 4.81. The molecule has 0 fully saturated rings. The van der Waals surface area contributed by atoms with Gasteiger partial charge in [-0.25, -0.2) is 9.97 Å². The second-order valence-corrected chi connectivity index (χ2v) is 8.45. The van der Waals surface area contributed by atoms with Crippen LogP contribution in [0.15, 0.2) is 20.5 Å². The topological polar surface area (TPSA) is 37.8 Å². The molecule has 1 N–H and O–H groups in total. The third-order valence-electron chi connectivity index (χ3n) is 3.69. The smallest absolute Gasteiger partial charge is 0.169 e. The normalized spacial score (nSPS) is 17.8. The molecule has 1 aliphatic carbocycles. The van der Waals surface area contributed by atoms with Gasteiger partial charge in [-0.3, -0.25) is 0 Å². The first-order valence-corrected chi connectivity index (χ1v) is 9.63. The van der Waals surface area contributed by atoms with Crippen LogP contribution in [0.3, 0.4) is 0 Å². The summed E-state index contributed by atoms with van der Waals surface area (Å²) in [6, 6.07) is 2.50. The number of nitrogens with zero attached hydrogens (tertiary/aromatic N) is 2. The summed E-state index contributed by atoms with van der Waals surface area (Å²) in [5.41, 5.74) is 2.49. The van der Waals surface area contributed by atoms with Gasteiger partial charge in [-0.15, -0.1) is 11.3 Å². The number of thiophene rings is 1. The van der Waals surface area contributed by atoms with Gasteiger partial charge in [-0.05, 0) is 70.2 Å². The molecule has 0 amide bonds. The Morgan fingerprint density at radius 2 is 2.29 bits per heavy atom. The number of hydrogen-bond acceptors (Lipinski definition) is 4. The third kappa shape index (κ3) is 3.38. The van der Waals surface area contributed by atoms with E-state index < -0.39 is 0 Å². The van der Waals surface area contributed by atoms with Gasteiger partial charge in [0.05, 0.1) is 8.66 Å². The van der Waals surface area contributed by atoms with E-state index in [-0.39, 0.29) is 0 Å². The van der Waals surface area contributed by atoms with Crippen molar-refractivity contribution < 1.29 is 0 Å². The number of aromatic nitrogens is 2. The molecule has 0 radical (unpaired) electrons. The summed E-state index contributed by atoms with van der Waals surface area (Å²) >= 11 is 8.72. The average molecular weight is 431 g/mol. The van der Waals surface area contributed by atoms with Crippen molar-refractivity contribution in [1.29, 1.82) is 0 Å². The van der Waals surface area contributed by atoms with Gasteiger partial charge in [0.25, 0.3) is 0 Å². The molecule has 0 saturated carbocycles. The van der Waals surface area contributed by atoms with Gasteiger partial charge in [-0.1, -0.05) is 6.92 Å². The van der Waals surface area contributed by atoms with Crippen molar-refractivity contribution in [3.63, 3.8) is 0 Å². The van der Waals surface area contributed by atoms with Crippen molar-refractivity contribution in [2.24, 2.45) is 0 Å². The van der Waals surface area contributed by atoms with E-state index in [0.29, 0.717) is 6.04 Å². The second-order valence-electron chi connectivity index (χ2n) is 5.23. The zero-order chi connectivity index (χ0) is 14.8. The Kier molecular flexibility index (Phi) is 5.09. The zero-order valence-corrected chi connectivity index (χ0v) is 15.8. The van der Waals surface area contributed by atoms with E-state index in [0.717, 1.165) is 38.3 Å². The highest BCUT2D eigenvalue weighted by Crippen LogP contribution is 2.38. The van der Waals surface area contributed by atoms with Crippen LogP contribution in [0.2, 0.25) is 0 Å². The first kappa shape index (κ1) is 15.6. The number of nitrogens with one attached hydrogen (secondary N) is 1. The molecule has 21 heavy (non-hydrogen) atoms. The molecular weight excluding hydrogens is 414 g/mol. The Morgan fingerprint density at radius 3 is 3.00 bits per heavy atom. The minimum absolute atomic E-state index is 0.421. The summed E-state index contributed by atoms with van der Waals surface area (Å²) in [6.45, 7) is 3.25. The molecule has 0 aromatic carbocycles. The van der Waals surface area contributed by atoms with Crippen LogP contribution >= 0.6 is 43.2 Å². The minimum atomic E-state index is 0.421. The molecule has 0 spiro atoms. The molecule has 3 rings (SSSR count). The Balaban J connectivity index is 1.90. The van der Waals surface area contributed by atoms with Crippen molar-refractivity contribution in [1.82, 2.24) is 15.3 Å². The molecule has 1 unspecified atom stereocenters. The average Bonchev–Trinajstić information content (AvgIpc) is 2.84. The molecule has 0 bridgehead atoms. The van der Waals surface area contributed by atoms with Crippen molar-refractivity contribution in [3.05, 3.63) is 31.8 Å². The Hall–Kier alpha value is -0.300. The number of halogens is 2. The molecule has 2 aromatic rings. The first-order valence-electron chi connectivity index (χ1n) is 7.23. The van der Waals surface area contributed by atoms with Crippen molar-refractivity contribution in [2.75, 3.05) is 6.54 Å². The minimum Gasteiger partial charge on any atom is -0.310 e. The van der Waals surface area contributed by atoms with Crippen molar-refractivity contribution >= 4 is 43.2 Å². The monoisotopic (exact) mass is 429 g/mol. The maximum Gasteiger partial charge on any atom is 0.169 e. The van der Waals surface area contributed by atoms with Crippen molar-refractivity contribution in [3.8, 4) is 10.7 Å². The van der Waals surface area contributed by atoms with E-state index in [1.807, 2.05) is 6.20 Å². The van der Waals surface area contributed by atoms with Gasteiger partial charge in [0.2, 0.25) is 0 Å². The molecule has 2 heterocycles. The summed E-state index contributed by atoms with van der Waals surface area (Å²) in [5.74, 6) is 0.835. The molecule has 1 atom stereocenters. The van der Waals surface area contributed by atoms with Crippen LogP contribution in [0, 0.1) is 0 Å². The van der Waals surface area contributed by atoms with Crippen LogP contribution in [0.1, 0.15) is 43.5 Å². The van der Waals surface area contributed by atoms with Gasteiger partial charge in [0, 0.05) is 28.0 Å². The fourth-order valence-electron chi connectivity index (χ4n) is 2.65. The van der Waals surface area contributed by atoms with Gasteiger partial charge >= 0.3 is 0 Å². The van der Waals surface area contributed by atoms with Crippen LogP contribution in [-0.4, -0.2) is 16.5 Å². The van der Waals surface area contributed by atoms with Gasteiger partial charge in [-0.2, -0.15) is 0 Å². The number of hydrogen-bond donors (Lipinski definition) is 1. The number of aryl methyl sites for hydroxylation is 1. The number of fused-ring (bicyclic) bond motifs is 1. The largest absolute Gasteiger partial charge is 0.310 e. The molecule has 6 heteroatoms.